The number of ether oxygens (including phenoxy) is 1. The molecule has 0 bridgehead atoms. The molecule has 5 heteroatoms. The van der Waals surface area contributed by atoms with Crippen LogP contribution in [0.4, 0.5) is 5.95 Å². The monoisotopic (exact) mass is 278 g/mol. The zero-order chi connectivity index (χ0) is 14.5. The van der Waals surface area contributed by atoms with Crippen molar-refractivity contribution in [2.24, 2.45) is 11.7 Å². The van der Waals surface area contributed by atoms with E-state index in [1.54, 1.807) is 0 Å². The second kappa shape index (κ2) is 6.88. The van der Waals surface area contributed by atoms with Crippen LogP contribution >= 0.6 is 0 Å². The lowest BCUT2D eigenvalue weighted by molar-refractivity contribution is 0.303. The average Bonchev–Trinajstić information content (AvgIpc) is 2.45. The third kappa shape index (κ3) is 3.60. The van der Waals surface area contributed by atoms with Gasteiger partial charge >= 0.3 is 0 Å². The Hall–Kier alpha value is -1.36. The number of piperidine rings is 1. The fourth-order valence-electron chi connectivity index (χ4n) is 2.59. The molecule has 2 N–H and O–H groups in total. The maximum Gasteiger partial charge on any atom is 0.229 e. The van der Waals surface area contributed by atoms with Crippen molar-refractivity contribution in [3.63, 3.8) is 0 Å². The van der Waals surface area contributed by atoms with E-state index >= 15 is 0 Å². The van der Waals surface area contributed by atoms with Gasteiger partial charge in [0.25, 0.3) is 0 Å². The molecule has 1 saturated heterocycles. The topological polar surface area (TPSA) is 64.3 Å². The first-order valence-electron chi connectivity index (χ1n) is 7.59. The summed E-state index contributed by atoms with van der Waals surface area (Å²) in [7, 11) is 0. The van der Waals surface area contributed by atoms with E-state index < -0.39 is 0 Å². The van der Waals surface area contributed by atoms with Gasteiger partial charge in [0.1, 0.15) is 0 Å². The summed E-state index contributed by atoms with van der Waals surface area (Å²) in [6.45, 7) is 8.66. The van der Waals surface area contributed by atoms with Crippen molar-refractivity contribution in [2.75, 3.05) is 24.6 Å². The van der Waals surface area contributed by atoms with E-state index in [0.29, 0.717) is 24.4 Å². The first-order valence-corrected chi connectivity index (χ1v) is 7.59. The molecule has 20 heavy (non-hydrogen) atoms. The molecule has 5 nitrogen and oxygen atoms in total. The Morgan fingerprint density at radius 3 is 2.90 bits per heavy atom. The predicted molar refractivity (Wildman–Crippen MR) is 81.1 cm³/mol. The quantitative estimate of drug-likeness (QED) is 0.894. The van der Waals surface area contributed by atoms with Crippen molar-refractivity contribution in [3.8, 4) is 5.88 Å². The maximum atomic E-state index is 5.82. The van der Waals surface area contributed by atoms with Crippen LogP contribution in [0.3, 0.4) is 0 Å². The highest BCUT2D eigenvalue weighted by Crippen LogP contribution is 2.26. The van der Waals surface area contributed by atoms with Crippen LogP contribution in [0.15, 0.2) is 6.07 Å². The van der Waals surface area contributed by atoms with Crippen LogP contribution < -0.4 is 15.4 Å². The third-order valence-corrected chi connectivity index (χ3v) is 3.84. The van der Waals surface area contributed by atoms with E-state index in [2.05, 4.69) is 28.7 Å². The summed E-state index contributed by atoms with van der Waals surface area (Å²) >= 11 is 0. The standard InChI is InChI=1S/C15H26N4O/c1-4-7-20-14-8-11(2)17-15(18-14)19-10-13(9-16)6-5-12(19)3/h8,12-13H,4-7,9-10,16H2,1-3H3. The average molecular weight is 278 g/mol. The molecule has 1 aromatic heterocycles. The molecule has 0 aliphatic carbocycles. The molecule has 2 unspecified atom stereocenters. The minimum absolute atomic E-state index is 0.457. The molecule has 0 aromatic carbocycles. The largest absolute Gasteiger partial charge is 0.478 e. The van der Waals surface area contributed by atoms with E-state index in [4.69, 9.17) is 10.5 Å². The molecule has 1 aliphatic rings. The zero-order valence-electron chi connectivity index (χ0n) is 12.8. The third-order valence-electron chi connectivity index (χ3n) is 3.84. The van der Waals surface area contributed by atoms with E-state index in [-0.39, 0.29) is 0 Å². The molecule has 0 radical (unpaired) electrons. The Bertz CT molecular complexity index is 438. The van der Waals surface area contributed by atoms with Gasteiger partial charge in [0.2, 0.25) is 11.8 Å². The van der Waals surface area contributed by atoms with E-state index in [9.17, 15) is 0 Å². The second-order valence-electron chi connectivity index (χ2n) is 5.68. The first kappa shape index (κ1) is 15.0. The number of aromatic nitrogens is 2. The summed E-state index contributed by atoms with van der Waals surface area (Å²) < 4.78 is 5.65. The van der Waals surface area contributed by atoms with Gasteiger partial charge in [0.05, 0.1) is 6.61 Å². The highest BCUT2D eigenvalue weighted by atomic mass is 16.5. The summed E-state index contributed by atoms with van der Waals surface area (Å²) in [6.07, 6.45) is 3.32. The first-order chi connectivity index (χ1) is 9.63. The normalized spacial score (nSPS) is 22.9. The molecule has 1 aromatic rings. The van der Waals surface area contributed by atoms with Gasteiger partial charge in [-0.1, -0.05) is 6.92 Å². The number of nitrogens with zero attached hydrogens (tertiary/aromatic N) is 3. The lowest BCUT2D eigenvalue weighted by Gasteiger charge is -2.37. The molecule has 2 rings (SSSR count). The zero-order valence-corrected chi connectivity index (χ0v) is 12.8. The van der Waals surface area contributed by atoms with Crippen LogP contribution in [0.25, 0.3) is 0 Å². The van der Waals surface area contributed by atoms with Gasteiger partial charge in [-0.3, -0.25) is 0 Å². The Kier molecular flexibility index (Phi) is 5.17. The molecule has 2 heterocycles. The van der Waals surface area contributed by atoms with Crippen LogP contribution in [0.5, 0.6) is 5.88 Å². The van der Waals surface area contributed by atoms with Crippen LogP contribution in [-0.2, 0) is 0 Å². The van der Waals surface area contributed by atoms with Crippen LogP contribution in [0.2, 0.25) is 0 Å². The summed E-state index contributed by atoms with van der Waals surface area (Å²) in [5.41, 5.74) is 6.77. The van der Waals surface area contributed by atoms with E-state index in [1.165, 1.54) is 6.42 Å². The number of rotatable bonds is 5. The molecule has 0 saturated carbocycles. The van der Waals surface area contributed by atoms with Crippen LogP contribution in [0, 0.1) is 12.8 Å². The van der Waals surface area contributed by atoms with Gasteiger partial charge in [-0.05, 0) is 45.6 Å². The van der Waals surface area contributed by atoms with Crippen molar-refractivity contribution in [2.45, 2.75) is 46.1 Å². The van der Waals surface area contributed by atoms with Gasteiger partial charge < -0.3 is 15.4 Å². The molecular weight excluding hydrogens is 252 g/mol. The molecule has 2 atom stereocenters. The maximum absolute atomic E-state index is 5.82. The number of hydrogen-bond donors (Lipinski definition) is 1. The van der Waals surface area contributed by atoms with Gasteiger partial charge in [0.15, 0.2) is 0 Å². The van der Waals surface area contributed by atoms with Gasteiger partial charge in [-0.25, -0.2) is 4.98 Å². The minimum Gasteiger partial charge on any atom is -0.478 e. The number of nitrogens with two attached hydrogens (primary N) is 1. The van der Waals surface area contributed by atoms with Crippen molar-refractivity contribution in [1.82, 2.24) is 9.97 Å². The van der Waals surface area contributed by atoms with Crippen molar-refractivity contribution in [3.05, 3.63) is 11.8 Å². The van der Waals surface area contributed by atoms with Gasteiger partial charge in [-0.15, -0.1) is 0 Å². The van der Waals surface area contributed by atoms with Crippen LogP contribution in [-0.4, -0.2) is 35.7 Å². The fraction of sp³-hybridized carbons (Fsp3) is 0.733. The Morgan fingerprint density at radius 1 is 1.40 bits per heavy atom. The van der Waals surface area contributed by atoms with Crippen molar-refractivity contribution < 1.29 is 4.74 Å². The van der Waals surface area contributed by atoms with Crippen LogP contribution in [0.1, 0.15) is 38.8 Å². The molecule has 1 fully saturated rings. The number of anilines is 1. The van der Waals surface area contributed by atoms with Gasteiger partial charge in [0, 0.05) is 24.3 Å². The molecule has 0 spiro atoms. The van der Waals surface area contributed by atoms with Gasteiger partial charge in [-0.2, -0.15) is 4.98 Å². The summed E-state index contributed by atoms with van der Waals surface area (Å²) in [5, 5.41) is 0. The lowest BCUT2D eigenvalue weighted by Crippen LogP contribution is -2.44. The Morgan fingerprint density at radius 2 is 2.20 bits per heavy atom. The number of aryl methyl sites for hydroxylation is 1. The lowest BCUT2D eigenvalue weighted by atomic mass is 9.94. The van der Waals surface area contributed by atoms with E-state index in [0.717, 1.165) is 37.6 Å². The Balaban J connectivity index is 2.19. The Labute approximate surface area is 121 Å². The predicted octanol–water partition coefficient (Wildman–Crippen LogP) is 2.14. The highest BCUT2D eigenvalue weighted by Gasteiger charge is 2.27. The molecule has 1 aliphatic heterocycles. The van der Waals surface area contributed by atoms with Crippen molar-refractivity contribution >= 4 is 5.95 Å². The summed E-state index contributed by atoms with van der Waals surface area (Å²) in [4.78, 5) is 11.4. The fourth-order valence-corrected chi connectivity index (χ4v) is 2.59. The minimum atomic E-state index is 0.457. The van der Waals surface area contributed by atoms with Crippen molar-refractivity contribution in [1.29, 1.82) is 0 Å². The smallest absolute Gasteiger partial charge is 0.229 e. The second-order valence-corrected chi connectivity index (χ2v) is 5.68. The van der Waals surface area contributed by atoms with E-state index in [1.807, 2.05) is 13.0 Å². The molecule has 0 amide bonds. The summed E-state index contributed by atoms with van der Waals surface area (Å²) in [5.74, 6) is 1.99. The SMILES string of the molecule is CCCOc1cc(C)nc(N2CC(CN)CCC2C)n1. The number of hydrogen-bond acceptors (Lipinski definition) is 5. The summed E-state index contributed by atoms with van der Waals surface area (Å²) in [6, 6.07) is 2.35. The molecule has 112 valence electrons. The molecular formula is C15H26N4O. The highest BCUT2D eigenvalue weighted by molar-refractivity contribution is 5.36.